The molecule has 1 fully saturated rings. The lowest BCUT2D eigenvalue weighted by atomic mass is 9.88. The third kappa shape index (κ3) is 11.2. The van der Waals surface area contributed by atoms with Gasteiger partial charge in [-0.1, -0.05) is 63.2 Å². The highest BCUT2D eigenvalue weighted by molar-refractivity contribution is 6.83. The van der Waals surface area contributed by atoms with Crippen LogP contribution in [0, 0.1) is 23.3 Å². The molecule has 0 radical (unpaired) electrons. The Labute approximate surface area is 189 Å². The number of rotatable bonds is 12. The van der Waals surface area contributed by atoms with Crippen LogP contribution >= 0.6 is 0 Å². The highest BCUT2D eigenvalue weighted by Gasteiger charge is 2.39. The van der Waals surface area contributed by atoms with Crippen molar-refractivity contribution < 1.29 is 25.2 Å². The third-order valence-corrected chi connectivity index (χ3v) is 6.56. The quantitative estimate of drug-likeness (QED) is 0.154. The predicted octanol–water partition coefficient (Wildman–Crippen LogP) is 4.29. The molecule has 1 aliphatic rings. The minimum Gasteiger partial charge on any atom is -0.481 e. The lowest BCUT2D eigenvalue weighted by Crippen LogP contribution is -2.28. The summed E-state index contributed by atoms with van der Waals surface area (Å²) in [5, 5.41) is 40.6. The monoisotopic (exact) mass is 450 g/mol. The van der Waals surface area contributed by atoms with E-state index >= 15 is 0 Å². The van der Waals surface area contributed by atoms with Crippen LogP contribution in [0.15, 0.2) is 24.3 Å². The van der Waals surface area contributed by atoms with Crippen LogP contribution in [-0.2, 0) is 4.79 Å². The molecule has 0 aromatic heterocycles. The highest BCUT2D eigenvalue weighted by Crippen LogP contribution is 2.36. The van der Waals surface area contributed by atoms with E-state index in [1.807, 2.05) is 24.3 Å². The van der Waals surface area contributed by atoms with Gasteiger partial charge in [-0.25, -0.2) is 0 Å². The molecule has 0 aromatic carbocycles. The molecule has 6 heteroatoms. The first-order valence-electron chi connectivity index (χ1n) is 11.6. The molecule has 176 valence electrons. The minimum atomic E-state index is -1.59. The Hall–Kier alpha value is -1.39. The molecule has 0 heterocycles. The van der Waals surface area contributed by atoms with Gasteiger partial charge in [0.05, 0.1) is 12.2 Å². The summed E-state index contributed by atoms with van der Waals surface area (Å²) >= 11 is 0. The largest absolute Gasteiger partial charge is 0.481 e. The van der Waals surface area contributed by atoms with Crippen molar-refractivity contribution in [3.05, 3.63) is 24.3 Å². The van der Waals surface area contributed by atoms with Crippen molar-refractivity contribution in [2.24, 2.45) is 11.8 Å². The summed E-state index contributed by atoms with van der Waals surface area (Å²) in [6.07, 6.45) is 12.0. The van der Waals surface area contributed by atoms with E-state index in [-0.39, 0.29) is 18.3 Å². The summed E-state index contributed by atoms with van der Waals surface area (Å²) < 4.78 is 0. The Balaban J connectivity index is 2.76. The summed E-state index contributed by atoms with van der Waals surface area (Å²) in [4.78, 5) is 10.6. The number of allylic oxidation sites excluding steroid dienone is 2. The molecule has 4 N–H and O–H groups in total. The maximum atomic E-state index is 11.1. The molecule has 5 nitrogen and oxygen atoms in total. The molecule has 0 saturated heterocycles. The first kappa shape index (κ1) is 27.6. The van der Waals surface area contributed by atoms with Crippen LogP contribution in [0.3, 0.4) is 0 Å². The van der Waals surface area contributed by atoms with Crippen LogP contribution in [0.5, 0.6) is 0 Å². The van der Waals surface area contributed by atoms with Crippen molar-refractivity contribution in [3.8, 4) is 11.5 Å². The van der Waals surface area contributed by atoms with Crippen molar-refractivity contribution in [2.75, 3.05) is 0 Å². The summed E-state index contributed by atoms with van der Waals surface area (Å²) in [6.45, 7) is 8.57. The van der Waals surface area contributed by atoms with Crippen LogP contribution < -0.4 is 0 Å². The number of unbranched alkanes of at least 4 members (excludes halogenated alkanes) is 2. The van der Waals surface area contributed by atoms with E-state index < -0.39 is 31.9 Å². The van der Waals surface area contributed by atoms with Gasteiger partial charge in [0.1, 0.15) is 13.7 Å². The Morgan fingerprint density at radius 3 is 2.45 bits per heavy atom. The summed E-state index contributed by atoms with van der Waals surface area (Å²) in [5.41, 5.74) is 2.25. The summed E-state index contributed by atoms with van der Waals surface area (Å²) in [6, 6.07) is 0. The van der Waals surface area contributed by atoms with Crippen LogP contribution in [-0.4, -0.2) is 52.3 Å². The number of aliphatic hydroxyl groups excluding tert-OH is 2. The van der Waals surface area contributed by atoms with Crippen molar-refractivity contribution in [1.82, 2.24) is 0 Å². The lowest BCUT2D eigenvalue weighted by Gasteiger charge is -2.23. The fourth-order valence-corrected chi connectivity index (χ4v) is 4.47. The second-order valence-corrected chi connectivity index (χ2v) is 14.6. The number of hydrogen-bond donors (Lipinski definition) is 4. The Morgan fingerprint density at radius 1 is 1.13 bits per heavy atom. The topological polar surface area (TPSA) is 98.0 Å². The normalized spacial score (nSPS) is 26.2. The lowest BCUT2D eigenvalue weighted by molar-refractivity contribution is -0.137. The molecule has 0 aromatic rings. The van der Waals surface area contributed by atoms with E-state index in [0.717, 1.165) is 12.8 Å². The zero-order chi connectivity index (χ0) is 23.5. The number of hydrogen-bond acceptors (Lipinski definition) is 4. The SMILES string of the molecule is CCCCC(O)(C#C[Si](C)(C)C)CC=C[C@@H]1[C@@H](CC=CCCCC(=O)O)[C@H](O)C[C@H]1O. The van der Waals surface area contributed by atoms with E-state index in [9.17, 15) is 20.1 Å². The second kappa shape index (κ2) is 13.2. The summed E-state index contributed by atoms with van der Waals surface area (Å²) in [7, 11) is -1.59. The van der Waals surface area contributed by atoms with Crippen molar-refractivity contribution >= 4 is 14.0 Å². The van der Waals surface area contributed by atoms with Gasteiger partial charge in [-0.2, -0.15) is 0 Å². The zero-order valence-electron chi connectivity index (χ0n) is 19.7. The number of aliphatic hydroxyl groups is 3. The van der Waals surface area contributed by atoms with E-state index in [1.54, 1.807) is 0 Å². The van der Waals surface area contributed by atoms with Gasteiger partial charge in [0.15, 0.2) is 0 Å². The minimum absolute atomic E-state index is 0.0845. The van der Waals surface area contributed by atoms with E-state index in [2.05, 4.69) is 38.0 Å². The second-order valence-electron chi connectivity index (χ2n) is 9.87. The molecule has 1 rings (SSSR count). The standard InChI is InChI=1S/C25H42O5Si/c1-5-6-15-25(30,17-18-31(2,3)4)16-11-13-21-20(22(26)19-23(21)27)12-9-7-8-10-14-24(28)29/h7,9,11,13,20-23,26-27,30H,5-6,8,10,12,14-16,19H2,1-4H3,(H,28,29)/t20-,21-,22-,23-,25?/m1/s1. The molecule has 1 saturated carbocycles. The van der Waals surface area contributed by atoms with Gasteiger partial charge in [0.25, 0.3) is 0 Å². The Morgan fingerprint density at radius 2 is 1.84 bits per heavy atom. The maximum Gasteiger partial charge on any atom is 0.303 e. The van der Waals surface area contributed by atoms with Gasteiger partial charge in [0, 0.05) is 25.2 Å². The number of carboxylic acid groups (broad SMARTS) is 1. The average Bonchev–Trinajstić information content (AvgIpc) is 2.93. The molecule has 0 aliphatic heterocycles. The van der Waals surface area contributed by atoms with Crippen LogP contribution in [0.4, 0.5) is 0 Å². The molecule has 1 unspecified atom stereocenters. The number of carboxylic acids is 1. The molecule has 0 amide bonds. The predicted molar refractivity (Wildman–Crippen MR) is 128 cm³/mol. The number of carbonyl (C=O) groups is 1. The fraction of sp³-hybridized carbons (Fsp3) is 0.720. The molecule has 0 bridgehead atoms. The smallest absolute Gasteiger partial charge is 0.303 e. The number of aliphatic carboxylic acids is 1. The van der Waals surface area contributed by atoms with Crippen LogP contribution in [0.2, 0.25) is 19.6 Å². The fourth-order valence-electron chi connectivity index (χ4n) is 3.86. The highest BCUT2D eigenvalue weighted by atomic mass is 28.3. The van der Waals surface area contributed by atoms with Gasteiger partial charge < -0.3 is 20.4 Å². The molecular formula is C25H42O5Si. The average molecular weight is 451 g/mol. The van der Waals surface area contributed by atoms with Crippen LogP contribution in [0.25, 0.3) is 0 Å². The van der Waals surface area contributed by atoms with Gasteiger partial charge in [-0.3, -0.25) is 4.79 Å². The van der Waals surface area contributed by atoms with Gasteiger partial charge in [-0.15, -0.1) is 5.54 Å². The van der Waals surface area contributed by atoms with Crippen LogP contribution in [0.1, 0.15) is 64.7 Å². The zero-order valence-corrected chi connectivity index (χ0v) is 20.7. The third-order valence-electron chi connectivity index (χ3n) is 5.68. The van der Waals surface area contributed by atoms with Gasteiger partial charge >= 0.3 is 5.97 Å². The molecular weight excluding hydrogens is 408 g/mol. The van der Waals surface area contributed by atoms with Crippen molar-refractivity contribution in [1.29, 1.82) is 0 Å². The van der Waals surface area contributed by atoms with Crippen molar-refractivity contribution in [3.63, 3.8) is 0 Å². The van der Waals surface area contributed by atoms with E-state index in [4.69, 9.17) is 5.11 Å². The maximum absolute atomic E-state index is 11.1. The van der Waals surface area contributed by atoms with E-state index in [0.29, 0.717) is 38.5 Å². The van der Waals surface area contributed by atoms with Gasteiger partial charge in [0.2, 0.25) is 0 Å². The van der Waals surface area contributed by atoms with Gasteiger partial charge in [-0.05, 0) is 38.0 Å². The Bertz CT molecular complexity index is 670. The molecule has 1 aliphatic carbocycles. The first-order valence-corrected chi connectivity index (χ1v) is 15.1. The molecule has 31 heavy (non-hydrogen) atoms. The summed E-state index contributed by atoms with van der Waals surface area (Å²) in [5.74, 6) is 2.10. The van der Waals surface area contributed by atoms with E-state index in [1.165, 1.54) is 0 Å². The van der Waals surface area contributed by atoms with Crippen molar-refractivity contribution in [2.45, 2.75) is 102 Å². The molecule has 0 spiro atoms. The Kier molecular flexibility index (Phi) is 11.8. The first-order chi connectivity index (χ1) is 14.5. The molecule has 5 atom stereocenters.